The van der Waals surface area contributed by atoms with E-state index in [0.717, 1.165) is 44.3 Å². The number of carbonyl (C=O) groups excluding carboxylic acids is 1. The average molecular weight is 491 g/mol. The number of aliphatic hydroxyl groups excluding tert-OH is 1. The molecule has 0 bridgehead atoms. The van der Waals surface area contributed by atoms with Crippen molar-refractivity contribution < 1.29 is 28.3 Å². The summed E-state index contributed by atoms with van der Waals surface area (Å²) in [5, 5.41) is 13.2. The zero-order valence-corrected chi connectivity index (χ0v) is 20.3. The van der Waals surface area contributed by atoms with Gasteiger partial charge in [-0.25, -0.2) is 4.39 Å². The highest BCUT2D eigenvalue weighted by atomic mass is 19.1. The van der Waals surface area contributed by atoms with Gasteiger partial charge in [-0.2, -0.15) is 4.98 Å². The summed E-state index contributed by atoms with van der Waals surface area (Å²) in [6.07, 6.45) is 5.02. The van der Waals surface area contributed by atoms with Gasteiger partial charge in [0, 0.05) is 39.9 Å². The fourth-order valence-electron chi connectivity index (χ4n) is 4.56. The molecule has 9 nitrogen and oxygen atoms in total. The average Bonchev–Trinajstić information content (AvgIpc) is 3.30. The van der Waals surface area contributed by atoms with Crippen LogP contribution in [-0.2, 0) is 33.9 Å². The lowest BCUT2D eigenvalue weighted by atomic mass is 9.92. The van der Waals surface area contributed by atoms with Crippen LogP contribution in [0, 0.1) is 11.7 Å². The highest BCUT2D eigenvalue weighted by Crippen LogP contribution is 2.25. The number of aliphatic hydroxyl groups is 1. The molecule has 2 aliphatic heterocycles. The van der Waals surface area contributed by atoms with Crippen LogP contribution in [-0.4, -0.2) is 72.1 Å². The van der Waals surface area contributed by atoms with Crippen LogP contribution in [0.4, 0.5) is 10.4 Å². The second kappa shape index (κ2) is 12.4. The minimum absolute atomic E-state index is 0.0163. The molecule has 2 saturated heterocycles. The van der Waals surface area contributed by atoms with Gasteiger partial charge < -0.3 is 28.9 Å². The van der Waals surface area contributed by atoms with Gasteiger partial charge in [0.25, 0.3) is 0 Å². The summed E-state index contributed by atoms with van der Waals surface area (Å²) in [6, 6.07) is 5.49. The van der Waals surface area contributed by atoms with Gasteiger partial charge in [0.05, 0.1) is 19.1 Å². The molecule has 1 aromatic heterocycles. The van der Waals surface area contributed by atoms with Crippen molar-refractivity contribution in [3.63, 3.8) is 0 Å². The highest BCUT2D eigenvalue weighted by Gasteiger charge is 2.29. The molecule has 4 rings (SSSR count). The Balaban J connectivity index is 1.07. The minimum Gasteiger partial charge on any atom is -0.389 e. The Bertz CT molecular complexity index is 957. The molecule has 1 aromatic carbocycles. The lowest BCUT2D eigenvalue weighted by molar-refractivity contribution is -0.140. The molecule has 1 N–H and O–H groups in total. The SMILES string of the molecule is COCc1noc(N2CCC(CCCCOCc3ccc(CC(=O)N4CC(O)C4)c(F)c3)CC2)n1. The molecule has 3 heterocycles. The summed E-state index contributed by atoms with van der Waals surface area (Å²) in [6.45, 7) is 3.86. The van der Waals surface area contributed by atoms with Crippen molar-refractivity contribution in [2.75, 3.05) is 44.8 Å². The number of likely N-dealkylation sites (tertiary alicyclic amines) is 1. The molecule has 0 aliphatic carbocycles. The summed E-state index contributed by atoms with van der Waals surface area (Å²) in [5.41, 5.74) is 1.14. The van der Waals surface area contributed by atoms with Crippen molar-refractivity contribution in [1.29, 1.82) is 0 Å². The third kappa shape index (κ3) is 7.22. The number of β-amino-alcohol motifs (C(OH)–C–C–N with tert-alkyl or cyclic N) is 1. The molecule has 0 unspecified atom stereocenters. The third-order valence-electron chi connectivity index (χ3n) is 6.71. The number of hydrogen-bond donors (Lipinski definition) is 1. The number of piperidine rings is 1. The van der Waals surface area contributed by atoms with Crippen molar-refractivity contribution in [2.45, 2.75) is 57.8 Å². The number of rotatable bonds is 12. The number of nitrogens with zero attached hydrogens (tertiary/aromatic N) is 4. The molecule has 0 spiro atoms. The van der Waals surface area contributed by atoms with Crippen LogP contribution in [0.3, 0.4) is 0 Å². The van der Waals surface area contributed by atoms with Gasteiger partial charge in [-0.05, 0) is 42.4 Å². The van der Waals surface area contributed by atoms with E-state index in [2.05, 4.69) is 15.0 Å². The molecule has 2 fully saturated rings. The molecule has 192 valence electrons. The maximum absolute atomic E-state index is 14.4. The molecule has 0 atom stereocenters. The number of benzene rings is 1. The van der Waals surface area contributed by atoms with Crippen LogP contribution in [0.25, 0.3) is 0 Å². The smallest absolute Gasteiger partial charge is 0.324 e. The van der Waals surface area contributed by atoms with E-state index >= 15 is 0 Å². The monoisotopic (exact) mass is 490 g/mol. The first-order valence-corrected chi connectivity index (χ1v) is 12.4. The van der Waals surface area contributed by atoms with E-state index < -0.39 is 6.10 Å². The first-order chi connectivity index (χ1) is 17.0. The van der Waals surface area contributed by atoms with Gasteiger partial charge in [-0.1, -0.05) is 30.1 Å². The van der Waals surface area contributed by atoms with E-state index in [9.17, 15) is 14.3 Å². The Morgan fingerprint density at radius 1 is 1.23 bits per heavy atom. The Labute approximate surface area is 205 Å². The predicted octanol–water partition coefficient (Wildman–Crippen LogP) is 2.70. The van der Waals surface area contributed by atoms with Gasteiger partial charge >= 0.3 is 6.01 Å². The topological polar surface area (TPSA) is 101 Å². The van der Waals surface area contributed by atoms with Gasteiger partial charge in [0.15, 0.2) is 5.82 Å². The number of ether oxygens (including phenoxy) is 2. The number of hydrogen-bond acceptors (Lipinski definition) is 8. The van der Waals surface area contributed by atoms with Crippen molar-refractivity contribution in [2.24, 2.45) is 5.92 Å². The standard InChI is InChI=1S/C25H35FN4O5/c1-33-17-23-27-25(35-28-23)29-9-7-18(8-10-29)4-2-3-11-34-16-19-5-6-20(22(26)12-19)13-24(32)30-14-21(31)15-30/h5-6,12,18,21,31H,2-4,7-11,13-17H2,1H3. The van der Waals surface area contributed by atoms with Crippen molar-refractivity contribution in [3.05, 3.63) is 41.0 Å². The number of aromatic nitrogens is 2. The molecule has 0 saturated carbocycles. The summed E-state index contributed by atoms with van der Waals surface area (Å²) >= 11 is 0. The fraction of sp³-hybridized carbons (Fsp3) is 0.640. The Hall–Kier alpha value is -2.56. The summed E-state index contributed by atoms with van der Waals surface area (Å²) < 4.78 is 30.5. The Morgan fingerprint density at radius 2 is 2.03 bits per heavy atom. The number of methoxy groups -OCH3 is 1. The Morgan fingerprint density at radius 3 is 2.74 bits per heavy atom. The minimum atomic E-state index is -0.450. The lowest BCUT2D eigenvalue weighted by Gasteiger charge is -2.35. The zero-order chi connectivity index (χ0) is 24.6. The second-order valence-electron chi connectivity index (χ2n) is 9.46. The van der Waals surface area contributed by atoms with Crippen molar-refractivity contribution in [1.82, 2.24) is 15.0 Å². The van der Waals surface area contributed by atoms with Gasteiger partial charge in [0.2, 0.25) is 5.91 Å². The van der Waals surface area contributed by atoms with E-state index in [1.54, 1.807) is 13.2 Å². The van der Waals surface area contributed by atoms with Crippen molar-refractivity contribution >= 4 is 11.9 Å². The number of amides is 1. The maximum Gasteiger partial charge on any atom is 0.324 e. The largest absolute Gasteiger partial charge is 0.389 e. The van der Waals surface area contributed by atoms with Crippen LogP contribution in [0.1, 0.15) is 49.1 Å². The van der Waals surface area contributed by atoms with E-state index in [0.29, 0.717) is 56.2 Å². The quantitative estimate of drug-likeness (QED) is 0.453. The first-order valence-electron chi connectivity index (χ1n) is 12.4. The summed E-state index contributed by atoms with van der Waals surface area (Å²) in [4.78, 5) is 20.1. The molecule has 35 heavy (non-hydrogen) atoms. The Kier molecular flexibility index (Phi) is 9.06. The summed E-state index contributed by atoms with van der Waals surface area (Å²) in [7, 11) is 1.61. The van der Waals surface area contributed by atoms with E-state index in [1.165, 1.54) is 17.4 Å². The third-order valence-corrected chi connectivity index (χ3v) is 6.71. The highest BCUT2D eigenvalue weighted by molar-refractivity contribution is 5.79. The molecular formula is C25H35FN4O5. The zero-order valence-electron chi connectivity index (χ0n) is 20.3. The van der Waals surface area contributed by atoms with E-state index in [-0.39, 0.29) is 18.1 Å². The normalized spacial score (nSPS) is 17.1. The molecule has 2 aliphatic rings. The molecule has 2 aromatic rings. The van der Waals surface area contributed by atoms with Crippen LogP contribution in [0.2, 0.25) is 0 Å². The second-order valence-corrected chi connectivity index (χ2v) is 9.46. The molecule has 0 radical (unpaired) electrons. The van der Waals surface area contributed by atoms with Crippen LogP contribution in [0.5, 0.6) is 0 Å². The van der Waals surface area contributed by atoms with E-state index in [1.807, 2.05) is 6.07 Å². The number of halogens is 1. The fourth-order valence-corrected chi connectivity index (χ4v) is 4.56. The molecular weight excluding hydrogens is 455 g/mol. The summed E-state index contributed by atoms with van der Waals surface area (Å²) in [5.74, 6) is 0.718. The molecule has 10 heteroatoms. The van der Waals surface area contributed by atoms with Gasteiger partial charge in [0.1, 0.15) is 12.4 Å². The maximum atomic E-state index is 14.4. The van der Waals surface area contributed by atoms with Gasteiger partial charge in [-0.3, -0.25) is 4.79 Å². The van der Waals surface area contributed by atoms with Gasteiger partial charge in [-0.15, -0.1) is 0 Å². The number of anilines is 1. The number of carbonyl (C=O) groups is 1. The van der Waals surface area contributed by atoms with Crippen molar-refractivity contribution in [3.8, 4) is 0 Å². The lowest BCUT2D eigenvalue weighted by Crippen LogP contribution is -2.54. The van der Waals surface area contributed by atoms with Crippen LogP contribution >= 0.6 is 0 Å². The number of unbranched alkanes of at least 4 members (excludes halogenated alkanes) is 1. The van der Waals surface area contributed by atoms with Crippen LogP contribution < -0.4 is 4.90 Å². The predicted molar refractivity (Wildman–Crippen MR) is 126 cm³/mol. The van der Waals surface area contributed by atoms with Crippen LogP contribution in [0.15, 0.2) is 22.7 Å². The first kappa shape index (κ1) is 25.5. The van der Waals surface area contributed by atoms with E-state index in [4.69, 9.17) is 14.0 Å². The molecule has 1 amide bonds.